The Bertz CT molecular complexity index is 812. The summed E-state index contributed by atoms with van der Waals surface area (Å²) in [7, 11) is 0. The van der Waals surface area contributed by atoms with Crippen molar-refractivity contribution in [3.63, 3.8) is 0 Å². The third-order valence-electron chi connectivity index (χ3n) is 3.46. The average molecular weight is 290 g/mol. The average Bonchev–Trinajstić information content (AvgIpc) is 3.00. The Labute approximate surface area is 128 Å². The number of carbonyl (C=O) groups excluding carboxylic acids is 2. The third kappa shape index (κ3) is 2.61. The summed E-state index contributed by atoms with van der Waals surface area (Å²) in [6.07, 6.45) is 0.611. The maximum absolute atomic E-state index is 12.7. The predicted octanol–water partition coefficient (Wildman–Crippen LogP) is 4.30. The third-order valence-corrected chi connectivity index (χ3v) is 3.46. The molecule has 22 heavy (non-hydrogen) atoms. The second-order valence-corrected chi connectivity index (χ2v) is 5.07. The highest BCUT2D eigenvalue weighted by Gasteiger charge is 2.20. The molecule has 0 unspecified atom stereocenters. The number of ketones is 1. The van der Waals surface area contributed by atoms with Gasteiger partial charge in [0.1, 0.15) is 5.76 Å². The molecule has 1 aromatic heterocycles. The molecule has 0 bridgehead atoms. The lowest BCUT2D eigenvalue weighted by Crippen LogP contribution is -2.01. The fraction of sp³-hybridized carbons (Fsp3) is 0.0526. The molecular weight excluding hydrogens is 276 g/mol. The second kappa shape index (κ2) is 5.82. The molecule has 0 aliphatic carbocycles. The molecule has 1 heterocycles. The zero-order chi connectivity index (χ0) is 15.5. The molecule has 108 valence electrons. The highest BCUT2D eigenvalue weighted by Crippen LogP contribution is 2.29. The highest BCUT2D eigenvalue weighted by atomic mass is 16.3. The van der Waals surface area contributed by atoms with Crippen LogP contribution < -0.4 is 0 Å². The van der Waals surface area contributed by atoms with Gasteiger partial charge in [-0.25, -0.2) is 0 Å². The molecule has 3 heteroatoms. The van der Waals surface area contributed by atoms with E-state index in [-0.39, 0.29) is 11.5 Å². The van der Waals surface area contributed by atoms with Crippen LogP contribution in [0.3, 0.4) is 0 Å². The van der Waals surface area contributed by atoms with Gasteiger partial charge in [0.05, 0.1) is 5.56 Å². The Morgan fingerprint density at radius 2 is 1.68 bits per heavy atom. The van der Waals surface area contributed by atoms with Crippen LogP contribution in [-0.4, -0.2) is 12.1 Å². The number of rotatable bonds is 4. The predicted molar refractivity (Wildman–Crippen MR) is 84.1 cm³/mol. The van der Waals surface area contributed by atoms with Gasteiger partial charge >= 0.3 is 0 Å². The van der Waals surface area contributed by atoms with Gasteiger partial charge in [0.15, 0.2) is 17.8 Å². The van der Waals surface area contributed by atoms with Crippen LogP contribution in [-0.2, 0) is 0 Å². The first kappa shape index (κ1) is 14.0. The number of benzene rings is 2. The normalized spacial score (nSPS) is 10.4. The molecule has 0 aliphatic heterocycles. The Balaban J connectivity index is 2.11. The van der Waals surface area contributed by atoms with Crippen molar-refractivity contribution in [2.75, 3.05) is 0 Å². The first-order valence-electron chi connectivity index (χ1n) is 6.95. The second-order valence-electron chi connectivity index (χ2n) is 5.07. The van der Waals surface area contributed by atoms with Gasteiger partial charge in [0, 0.05) is 11.1 Å². The van der Waals surface area contributed by atoms with E-state index in [1.165, 1.54) is 6.07 Å². The Hall–Kier alpha value is -2.94. The summed E-state index contributed by atoms with van der Waals surface area (Å²) < 4.78 is 5.54. The van der Waals surface area contributed by atoms with Crippen molar-refractivity contribution in [2.45, 2.75) is 6.92 Å². The van der Waals surface area contributed by atoms with Gasteiger partial charge in [-0.05, 0) is 13.0 Å². The van der Waals surface area contributed by atoms with Gasteiger partial charge in [-0.1, -0.05) is 60.2 Å². The smallest absolute Gasteiger partial charge is 0.196 e. The molecule has 0 saturated carbocycles. The Kier molecular flexibility index (Phi) is 3.71. The van der Waals surface area contributed by atoms with E-state index in [0.717, 1.165) is 11.1 Å². The standard InChI is InChI=1S/C19H14O3/c1-13-7-9-15(10-8-13)19-17(11-16(12-20)22-19)18(21)14-5-3-2-4-6-14/h2-12H,1H3. The summed E-state index contributed by atoms with van der Waals surface area (Å²) in [4.78, 5) is 23.7. The number of furan rings is 1. The van der Waals surface area contributed by atoms with Crippen LogP contribution in [0, 0.1) is 6.92 Å². The van der Waals surface area contributed by atoms with Gasteiger partial charge in [0.25, 0.3) is 0 Å². The molecule has 0 N–H and O–H groups in total. The number of hydrogen-bond acceptors (Lipinski definition) is 3. The van der Waals surface area contributed by atoms with Crippen LogP contribution in [0.2, 0.25) is 0 Å². The van der Waals surface area contributed by atoms with Crippen LogP contribution in [0.25, 0.3) is 11.3 Å². The fourth-order valence-electron chi connectivity index (χ4n) is 2.30. The molecule has 3 aromatic rings. The van der Waals surface area contributed by atoms with E-state index in [1.54, 1.807) is 24.3 Å². The van der Waals surface area contributed by atoms with E-state index in [9.17, 15) is 9.59 Å². The highest BCUT2D eigenvalue weighted by molar-refractivity contribution is 6.12. The minimum atomic E-state index is -0.159. The fourth-order valence-corrected chi connectivity index (χ4v) is 2.30. The van der Waals surface area contributed by atoms with Crippen LogP contribution in [0.5, 0.6) is 0 Å². The monoisotopic (exact) mass is 290 g/mol. The largest absolute Gasteiger partial charge is 0.452 e. The topological polar surface area (TPSA) is 47.3 Å². The van der Waals surface area contributed by atoms with E-state index in [1.807, 2.05) is 37.3 Å². The summed E-state index contributed by atoms with van der Waals surface area (Å²) in [6, 6.07) is 18.1. The molecule has 3 rings (SSSR count). The summed E-state index contributed by atoms with van der Waals surface area (Å²) in [5.41, 5.74) is 2.85. The maximum atomic E-state index is 12.7. The lowest BCUT2D eigenvalue weighted by molar-refractivity contribution is 0.103. The van der Waals surface area contributed by atoms with Crippen molar-refractivity contribution in [3.8, 4) is 11.3 Å². The molecule has 0 spiro atoms. The Morgan fingerprint density at radius 1 is 1.00 bits per heavy atom. The first-order valence-corrected chi connectivity index (χ1v) is 6.95. The van der Waals surface area contributed by atoms with Crippen molar-refractivity contribution >= 4 is 12.1 Å². The molecule has 2 aromatic carbocycles. The van der Waals surface area contributed by atoms with Crippen molar-refractivity contribution in [1.82, 2.24) is 0 Å². The Morgan fingerprint density at radius 3 is 2.32 bits per heavy atom. The lowest BCUT2D eigenvalue weighted by Gasteiger charge is -2.03. The van der Waals surface area contributed by atoms with Crippen LogP contribution >= 0.6 is 0 Å². The van der Waals surface area contributed by atoms with Gasteiger partial charge in [-0.2, -0.15) is 0 Å². The van der Waals surface area contributed by atoms with Gasteiger partial charge in [-0.3, -0.25) is 9.59 Å². The van der Waals surface area contributed by atoms with E-state index in [2.05, 4.69) is 0 Å². The molecule has 3 nitrogen and oxygen atoms in total. The number of hydrogen-bond donors (Lipinski definition) is 0. The van der Waals surface area contributed by atoms with Crippen molar-refractivity contribution in [1.29, 1.82) is 0 Å². The number of carbonyl (C=O) groups is 2. The van der Waals surface area contributed by atoms with Gasteiger partial charge in [-0.15, -0.1) is 0 Å². The van der Waals surface area contributed by atoms with Gasteiger partial charge in [0.2, 0.25) is 0 Å². The molecule has 0 saturated heterocycles. The molecule has 0 atom stereocenters. The van der Waals surface area contributed by atoms with Crippen molar-refractivity contribution < 1.29 is 14.0 Å². The van der Waals surface area contributed by atoms with E-state index >= 15 is 0 Å². The minimum Gasteiger partial charge on any atom is -0.452 e. The van der Waals surface area contributed by atoms with E-state index < -0.39 is 0 Å². The molecule has 0 amide bonds. The summed E-state index contributed by atoms with van der Waals surface area (Å²) in [5.74, 6) is 0.416. The van der Waals surface area contributed by atoms with Crippen LogP contribution in [0.15, 0.2) is 65.1 Å². The number of aldehydes is 1. The quantitative estimate of drug-likeness (QED) is 0.531. The minimum absolute atomic E-state index is 0.148. The zero-order valence-electron chi connectivity index (χ0n) is 12.1. The first-order chi connectivity index (χ1) is 10.7. The SMILES string of the molecule is Cc1ccc(-c2oc(C=O)cc2C(=O)c2ccccc2)cc1. The molecular formula is C19H14O3. The number of aryl methyl sites for hydroxylation is 1. The van der Waals surface area contributed by atoms with E-state index in [4.69, 9.17) is 4.42 Å². The van der Waals surface area contributed by atoms with Crippen LogP contribution in [0.4, 0.5) is 0 Å². The van der Waals surface area contributed by atoms with E-state index in [0.29, 0.717) is 23.2 Å². The molecule has 0 radical (unpaired) electrons. The van der Waals surface area contributed by atoms with Crippen molar-refractivity contribution in [2.24, 2.45) is 0 Å². The maximum Gasteiger partial charge on any atom is 0.196 e. The molecule has 0 fully saturated rings. The zero-order valence-corrected chi connectivity index (χ0v) is 12.1. The summed E-state index contributed by atoms with van der Waals surface area (Å²) in [6.45, 7) is 1.98. The van der Waals surface area contributed by atoms with Crippen molar-refractivity contribution in [3.05, 3.63) is 83.1 Å². The van der Waals surface area contributed by atoms with Gasteiger partial charge < -0.3 is 4.42 Å². The molecule has 0 aliphatic rings. The summed E-state index contributed by atoms with van der Waals surface area (Å²) >= 11 is 0. The summed E-state index contributed by atoms with van der Waals surface area (Å²) in [5, 5.41) is 0. The van der Waals surface area contributed by atoms with Crippen LogP contribution in [0.1, 0.15) is 32.0 Å². The lowest BCUT2D eigenvalue weighted by atomic mass is 10.00.